The van der Waals surface area contributed by atoms with Crippen LogP contribution in [-0.2, 0) is 6.42 Å². The molecule has 4 rings (SSSR count). The molecule has 1 unspecified atom stereocenters. The van der Waals surface area contributed by atoms with Crippen molar-refractivity contribution < 1.29 is 13.9 Å². The molecule has 148 valence electrons. The fraction of sp³-hybridized carbons (Fsp3) is 0.261. The van der Waals surface area contributed by atoms with Gasteiger partial charge in [-0.25, -0.2) is 9.37 Å². The number of hydrogen-bond donors (Lipinski definition) is 1. The van der Waals surface area contributed by atoms with Crippen LogP contribution in [0.3, 0.4) is 0 Å². The van der Waals surface area contributed by atoms with Gasteiger partial charge in [0.1, 0.15) is 11.9 Å². The van der Waals surface area contributed by atoms with E-state index in [1.807, 2.05) is 12.1 Å². The fourth-order valence-corrected chi connectivity index (χ4v) is 3.34. The zero-order chi connectivity index (χ0) is 20.1. The largest absolute Gasteiger partial charge is 0.436 e. The number of benzene rings is 1. The molecule has 6 heteroatoms. The summed E-state index contributed by atoms with van der Waals surface area (Å²) in [6.45, 7) is 0. The van der Waals surface area contributed by atoms with E-state index in [4.69, 9.17) is 4.42 Å². The van der Waals surface area contributed by atoms with Gasteiger partial charge < -0.3 is 9.52 Å². The highest BCUT2D eigenvalue weighted by atomic mass is 19.1. The Balaban J connectivity index is 1.35. The fourth-order valence-electron chi connectivity index (χ4n) is 3.34. The highest BCUT2D eigenvalue weighted by Gasteiger charge is 2.17. The van der Waals surface area contributed by atoms with Gasteiger partial charge in [-0.15, -0.1) is 0 Å². The van der Waals surface area contributed by atoms with Gasteiger partial charge in [-0.1, -0.05) is 31.0 Å². The Bertz CT molecular complexity index is 1080. The smallest absolute Gasteiger partial charge is 0.225 e. The third-order valence-corrected chi connectivity index (χ3v) is 4.93. The zero-order valence-electron chi connectivity index (χ0n) is 16.0. The number of nitrogens with zero attached hydrogens (tertiary/aromatic N) is 3. The normalized spacial score (nSPS) is 12.3. The van der Waals surface area contributed by atoms with Gasteiger partial charge in [0.25, 0.3) is 0 Å². The van der Waals surface area contributed by atoms with Gasteiger partial charge in [-0.05, 0) is 49.1 Å². The van der Waals surface area contributed by atoms with Crippen LogP contribution in [0.4, 0.5) is 4.39 Å². The first-order chi connectivity index (χ1) is 14.2. The van der Waals surface area contributed by atoms with Gasteiger partial charge in [0.15, 0.2) is 11.2 Å². The third kappa shape index (κ3) is 4.66. The molecular weight excluding hydrogens is 369 g/mol. The Morgan fingerprint density at radius 2 is 1.86 bits per heavy atom. The first-order valence-electron chi connectivity index (χ1n) is 9.79. The van der Waals surface area contributed by atoms with Crippen LogP contribution in [0.1, 0.15) is 43.2 Å². The lowest BCUT2D eigenvalue weighted by Gasteiger charge is -2.06. The second-order valence-electron chi connectivity index (χ2n) is 7.05. The van der Waals surface area contributed by atoms with Gasteiger partial charge in [0.2, 0.25) is 5.89 Å². The standard InChI is InChI=1S/C23H22FN3O2/c24-19-8-5-4-7-18(19)17-14-21-22(26-15-17)27-23(29-21)20(28)9-3-1-2-6-16-10-12-25-13-11-16/h4-5,7-8,10-15,20,28H,1-3,6,9H2. The Morgan fingerprint density at radius 1 is 1.03 bits per heavy atom. The number of oxazole rings is 1. The van der Waals surface area contributed by atoms with Gasteiger partial charge in [0.05, 0.1) is 0 Å². The predicted molar refractivity (Wildman–Crippen MR) is 109 cm³/mol. The van der Waals surface area contributed by atoms with Crippen molar-refractivity contribution >= 4 is 11.2 Å². The molecule has 0 aliphatic carbocycles. The number of pyridine rings is 2. The van der Waals surface area contributed by atoms with Crippen molar-refractivity contribution in [2.24, 2.45) is 0 Å². The van der Waals surface area contributed by atoms with Crippen LogP contribution in [-0.4, -0.2) is 20.1 Å². The number of halogens is 1. The maximum atomic E-state index is 14.0. The van der Waals surface area contributed by atoms with Crippen LogP contribution in [0.2, 0.25) is 0 Å². The molecule has 1 atom stereocenters. The maximum Gasteiger partial charge on any atom is 0.225 e. The number of aromatic nitrogens is 3. The molecule has 29 heavy (non-hydrogen) atoms. The number of aryl methyl sites for hydroxylation is 1. The lowest BCUT2D eigenvalue weighted by atomic mass is 10.1. The topological polar surface area (TPSA) is 72.0 Å². The van der Waals surface area contributed by atoms with E-state index in [9.17, 15) is 9.50 Å². The molecular formula is C23H22FN3O2. The summed E-state index contributed by atoms with van der Waals surface area (Å²) in [5.41, 5.74) is 3.20. The van der Waals surface area contributed by atoms with E-state index in [0.717, 1.165) is 25.7 Å². The third-order valence-electron chi connectivity index (χ3n) is 4.93. The van der Waals surface area contributed by atoms with E-state index in [1.165, 1.54) is 11.6 Å². The maximum absolute atomic E-state index is 14.0. The molecule has 0 aliphatic heterocycles. The van der Waals surface area contributed by atoms with Gasteiger partial charge >= 0.3 is 0 Å². The Kier molecular flexibility index (Phi) is 5.91. The summed E-state index contributed by atoms with van der Waals surface area (Å²) in [7, 11) is 0. The minimum Gasteiger partial charge on any atom is -0.436 e. The molecule has 0 saturated heterocycles. The lowest BCUT2D eigenvalue weighted by molar-refractivity contribution is 0.133. The molecule has 4 aromatic rings. The average Bonchev–Trinajstić information content (AvgIpc) is 3.18. The molecule has 5 nitrogen and oxygen atoms in total. The monoisotopic (exact) mass is 391 g/mol. The molecule has 0 fully saturated rings. The van der Waals surface area contributed by atoms with E-state index in [1.54, 1.807) is 42.9 Å². The van der Waals surface area contributed by atoms with Crippen LogP contribution in [0.25, 0.3) is 22.4 Å². The van der Waals surface area contributed by atoms with E-state index < -0.39 is 6.10 Å². The summed E-state index contributed by atoms with van der Waals surface area (Å²) in [6.07, 6.45) is 8.91. The number of rotatable bonds is 8. The summed E-state index contributed by atoms with van der Waals surface area (Å²) < 4.78 is 19.7. The molecule has 1 N–H and O–H groups in total. The summed E-state index contributed by atoms with van der Waals surface area (Å²) in [5, 5.41) is 10.4. The molecule has 0 amide bonds. The molecule has 3 aromatic heterocycles. The van der Waals surface area contributed by atoms with Crippen LogP contribution < -0.4 is 0 Å². The average molecular weight is 391 g/mol. The van der Waals surface area contributed by atoms with Crippen LogP contribution in [0.5, 0.6) is 0 Å². The van der Waals surface area contributed by atoms with Crippen molar-refractivity contribution in [2.75, 3.05) is 0 Å². The SMILES string of the molecule is OC(CCCCCc1ccncc1)c1nc2ncc(-c3ccccc3F)cc2o1. The van der Waals surface area contributed by atoms with Crippen molar-refractivity contribution in [3.8, 4) is 11.1 Å². The van der Waals surface area contributed by atoms with Gasteiger partial charge in [-0.2, -0.15) is 4.98 Å². The summed E-state index contributed by atoms with van der Waals surface area (Å²) >= 11 is 0. The molecule has 0 bridgehead atoms. The first kappa shape index (κ1) is 19.2. The lowest BCUT2D eigenvalue weighted by Crippen LogP contribution is -1.98. The Labute approximate surface area is 168 Å². The highest BCUT2D eigenvalue weighted by molar-refractivity contribution is 5.76. The van der Waals surface area contributed by atoms with E-state index in [0.29, 0.717) is 28.8 Å². The van der Waals surface area contributed by atoms with E-state index in [-0.39, 0.29) is 11.7 Å². The van der Waals surface area contributed by atoms with Crippen molar-refractivity contribution in [3.63, 3.8) is 0 Å². The van der Waals surface area contributed by atoms with Gasteiger partial charge in [0, 0.05) is 29.7 Å². The zero-order valence-corrected chi connectivity index (χ0v) is 16.0. The van der Waals surface area contributed by atoms with Crippen LogP contribution >= 0.6 is 0 Å². The molecule has 0 saturated carbocycles. The summed E-state index contributed by atoms with van der Waals surface area (Å²) in [4.78, 5) is 12.6. The minimum absolute atomic E-state index is 0.257. The van der Waals surface area contributed by atoms with Crippen molar-refractivity contribution in [1.29, 1.82) is 0 Å². The van der Waals surface area contributed by atoms with E-state index >= 15 is 0 Å². The number of hydrogen-bond acceptors (Lipinski definition) is 5. The minimum atomic E-state index is -0.776. The summed E-state index contributed by atoms with van der Waals surface area (Å²) in [6, 6.07) is 12.3. The summed E-state index contributed by atoms with van der Waals surface area (Å²) in [5.74, 6) is -0.0625. The Morgan fingerprint density at radius 3 is 2.69 bits per heavy atom. The number of aliphatic hydroxyl groups excluding tert-OH is 1. The number of unbranched alkanes of at least 4 members (excludes halogenated alkanes) is 2. The molecule has 0 spiro atoms. The number of aliphatic hydroxyl groups is 1. The van der Waals surface area contributed by atoms with E-state index in [2.05, 4.69) is 15.0 Å². The Hall–Kier alpha value is -3.12. The van der Waals surface area contributed by atoms with Crippen LogP contribution in [0, 0.1) is 5.82 Å². The van der Waals surface area contributed by atoms with Gasteiger partial charge in [-0.3, -0.25) is 4.98 Å². The van der Waals surface area contributed by atoms with Crippen molar-refractivity contribution in [3.05, 3.63) is 78.3 Å². The molecule has 1 aromatic carbocycles. The number of fused-ring (bicyclic) bond motifs is 1. The highest BCUT2D eigenvalue weighted by Crippen LogP contribution is 2.28. The molecule has 3 heterocycles. The second kappa shape index (κ2) is 8.92. The predicted octanol–water partition coefficient (Wildman–Crippen LogP) is 5.26. The molecule has 0 radical (unpaired) electrons. The first-order valence-corrected chi connectivity index (χ1v) is 9.79. The second-order valence-corrected chi connectivity index (χ2v) is 7.05. The van der Waals surface area contributed by atoms with Crippen LogP contribution in [0.15, 0.2) is 65.5 Å². The molecule has 0 aliphatic rings. The van der Waals surface area contributed by atoms with Crippen molar-refractivity contribution in [1.82, 2.24) is 15.0 Å². The quantitative estimate of drug-likeness (QED) is 0.415. The van der Waals surface area contributed by atoms with Crippen molar-refractivity contribution in [2.45, 2.75) is 38.2 Å².